The molecular weight excluding hydrogens is 514 g/mol. The van der Waals surface area contributed by atoms with Crippen molar-refractivity contribution >= 4 is 28.7 Å². The lowest BCUT2D eigenvalue weighted by Gasteiger charge is -2.26. The number of aromatic amines is 1. The molecule has 4 N–H and O–H groups in total. The van der Waals surface area contributed by atoms with E-state index < -0.39 is 5.97 Å². The highest BCUT2D eigenvalue weighted by molar-refractivity contribution is 5.97. The molecule has 2 aromatic heterocycles. The molecule has 12 heteroatoms. The summed E-state index contributed by atoms with van der Waals surface area (Å²) in [4.78, 5) is 39.2. The van der Waals surface area contributed by atoms with Gasteiger partial charge in [0.2, 0.25) is 0 Å². The molecule has 3 heterocycles. The highest BCUT2D eigenvalue weighted by atomic mass is 16.5. The number of rotatable bonds is 8. The van der Waals surface area contributed by atoms with Crippen LogP contribution in [0.5, 0.6) is 5.75 Å². The van der Waals surface area contributed by atoms with Gasteiger partial charge in [-0.3, -0.25) is 4.79 Å². The second-order valence-corrected chi connectivity index (χ2v) is 9.73. The van der Waals surface area contributed by atoms with Gasteiger partial charge in [-0.25, -0.2) is 14.8 Å². The number of carbonyl (C=O) groups is 2. The lowest BCUT2D eigenvalue weighted by molar-refractivity contribution is 0.0691. The Balaban J connectivity index is 1.26. The van der Waals surface area contributed by atoms with E-state index in [2.05, 4.69) is 15.5 Å². The molecule has 1 unspecified atom stereocenters. The largest absolute Gasteiger partial charge is 0.491 e. The number of imidazole rings is 2. The first-order chi connectivity index (χ1) is 19.3. The molecule has 0 fully saturated rings. The Bertz CT molecular complexity index is 1610. The van der Waals surface area contributed by atoms with Crippen molar-refractivity contribution in [3.63, 3.8) is 0 Å². The van der Waals surface area contributed by atoms with Crippen LogP contribution in [0.3, 0.4) is 0 Å². The van der Waals surface area contributed by atoms with Crippen LogP contribution in [0.15, 0.2) is 47.6 Å². The monoisotopic (exact) mass is 545 g/mol. The summed E-state index contributed by atoms with van der Waals surface area (Å²) in [6.07, 6.45) is 0.754. The standard InChI is InChI=1S/C28H31N7O5/c1-16(25-30-20-10-12-35(17(2)33-39)15-22(20)31-25)26-32-21-9-8-18(14-23(21)34(26)3)27(36)29-11-13-40-24-7-5-4-6-19(24)28(37)38/h4-9,14,16,39H,10-13,15H2,1-3H3,(H,29,36)(H,30,31)(H,37,38). The number of carbonyl (C=O) groups excluding carboxylic acids is 1. The number of nitrogens with zero attached hydrogens (tertiary/aromatic N) is 5. The molecule has 1 aliphatic rings. The fourth-order valence-electron chi connectivity index (χ4n) is 4.92. The molecule has 0 saturated heterocycles. The van der Waals surface area contributed by atoms with E-state index in [-0.39, 0.29) is 36.3 Å². The Morgan fingerprint density at radius 3 is 2.80 bits per heavy atom. The smallest absolute Gasteiger partial charge is 0.339 e. The number of aromatic carboxylic acids is 1. The third-order valence-electron chi connectivity index (χ3n) is 7.19. The molecule has 0 saturated carbocycles. The Morgan fingerprint density at radius 1 is 1.23 bits per heavy atom. The Labute approximate surface area is 230 Å². The summed E-state index contributed by atoms with van der Waals surface area (Å²) >= 11 is 0. The average molecular weight is 546 g/mol. The van der Waals surface area contributed by atoms with Crippen LogP contribution in [0, 0.1) is 0 Å². The van der Waals surface area contributed by atoms with Crippen molar-refractivity contribution in [1.82, 2.24) is 29.7 Å². The van der Waals surface area contributed by atoms with Crippen LogP contribution < -0.4 is 10.1 Å². The van der Waals surface area contributed by atoms with Gasteiger partial charge in [0, 0.05) is 25.6 Å². The number of hydrogen-bond acceptors (Lipinski definition) is 7. The minimum absolute atomic E-state index is 0.0726. The van der Waals surface area contributed by atoms with Gasteiger partial charge >= 0.3 is 5.97 Å². The number of nitrogens with one attached hydrogen (secondary N) is 2. The lowest BCUT2D eigenvalue weighted by atomic mass is 10.1. The molecule has 208 valence electrons. The molecule has 1 atom stereocenters. The maximum absolute atomic E-state index is 12.8. The van der Waals surface area contributed by atoms with E-state index in [0.717, 1.165) is 47.0 Å². The number of amides is 1. The first-order valence-electron chi connectivity index (χ1n) is 13.0. The molecule has 0 aliphatic carbocycles. The zero-order valence-electron chi connectivity index (χ0n) is 22.5. The predicted molar refractivity (Wildman–Crippen MR) is 147 cm³/mol. The van der Waals surface area contributed by atoms with E-state index in [1.165, 1.54) is 6.07 Å². The molecule has 5 rings (SSSR count). The van der Waals surface area contributed by atoms with E-state index >= 15 is 0 Å². The van der Waals surface area contributed by atoms with Gasteiger partial charge < -0.3 is 34.8 Å². The molecule has 1 aliphatic heterocycles. The molecule has 0 radical (unpaired) electrons. The van der Waals surface area contributed by atoms with Gasteiger partial charge in [0.1, 0.15) is 35.4 Å². The van der Waals surface area contributed by atoms with Crippen molar-refractivity contribution in [2.24, 2.45) is 12.2 Å². The maximum atomic E-state index is 12.8. The highest BCUT2D eigenvalue weighted by Crippen LogP contribution is 2.28. The number of carboxylic acids is 1. The fraction of sp³-hybridized carbons (Fsp3) is 0.321. The minimum atomic E-state index is -1.07. The van der Waals surface area contributed by atoms with Crippen molar-refractivity contribution in [2.45, 2.75) is 32.7 Å². The third-order valence-corrected chi connectivity index (χ3v) is 7.19. The number of H-pyrrole nitrogens is 1. The van der Waals surface area contributed by atoms with Gasteiger partial charge in [-0.2, -0.15) is 0 Å². The molecule has 4 aromatic rings. The summed E-state index contributed by atoms with van der Waals surface area (Å²) in [6, 6.07) is 11.7. The SMILES string of the molecule is CC(=NO)N1CCc2nc(C(C)c3nc4ccc(C(=O)NCCOc5ccccc5C(=O)O)cc4n3C)[nH]c2C1. The van der Waals surface area contributed by atoms with E-state index in [1.807, 2.05) is 29.5 Å². The van der Waals surface area contributed by atoms with Crippen LogP contribution in [-0.2, 0) is 20.0 Å². The van der Waals surface area contributed by atoms with Crippen molar-refractivity contribution in [3.8, 4) is 5.75 Å². The van der Waals surface area contributed by atoms with Gasteiger partial charge in [0.15, 0.2) is 0 Å². The number of carboxylic acid groups (broad SMARTS) is 1. The van der Waals surface area contributed by atoms with Crippen LogP contribution in [-0.4, -0.2) is 72.1 Å². The highest BCUT2D eigenvalue weighted by Gasteiger charge is 2.25. The third kappa shape index (κ3) is 5.20. The molecule has 0 bridgehead atoms. The van der Waals surface area contributed by atoms with Gasteiger partial charge in [0.25, 0.3) is 5.91 Å². The number of aryl methyl sites for hydroxylation is 1. The van der Waals surface area contributed by atoms with Gasteiger partial charge in [-0.15, -0.1) is 0 Å². The van der Waals surface area contributed by atoms with Crippen LogP contribution >= 0.6 is 0 Å². The quantitative estimate of drug-likeness (QED) is 0.0864. The molecule has 2 aromatic carbocycles. The summed E-state index contributed by atoms with van der Waals surface area (Å²) in [5.74, 6) is 0.997. The van der Waals surface area contributed by atoms with E-state index in [9.17, 15) is 14.7 Å². The fourth-order valence-corrected chi connectivity index (χ4v) is 4.92. The second-order valence-electron chi connectivity index (χ2n) is 9.73. The lowest BCUT2D eigenvalue weighted by Crippen LogP contribution is -2.34. The van der Waals surface area contributed by atoms with Gasteiger partial charge in [-0.1, -0.05) is 17.3 Å². The van der Waals surface area contributed by atoms with E-state index in [0.29, 0.717) is 17.9 Å². The maximum Gasteiger partial charge on any atom is 0.339 e. The molecule has 0 spiro atoms. The van der Waals surface area contributed by atoms with Crippen molar-refractivity contribution in [1.29, 1.82) is 0 Å². The summed E-state index contributed by atoms with van der Waals surface area (Å²) in [5.41, 5.74) is 4.16. The topological polar surface area (TPSA) is 158 Å². The number of benzene rings is 2. The molecule has 1 amide bonds. The summed E-state index contributed by atoms with van der Waals surface area (Å²) in [6.45, 7) is 5.49. The van der Waals surface area contributed by atoms with Gasteiger partial charge in [0.05, 0.1) is 41.4 Å². The van der Waals surface area contributed by atoms with Crippen LogP contribution in [0.2, 0.25) is 0 Å². The number of para-hydroxylation sites is 1. The number of ether oxygens (including phenoxy) is 1. The van der Waals surface area contributed by atoms with Crippen molar-refractivity contribution in [3.05, 3.63) is 76.6 Å². The number of hydrogen-bond donors (Lipinski definition) is 4. The van der Waals surface area contributed by atoms with Crippen LogP contribution in [0.1, 0.15) is 63.5 Å². The summed E-state index contributed by atoms with van der Waals surface area (Å²) < 4.78 is 7.53. The Hall–Kier alpha value is -4.87. The first-order valence-corrected chi connectivity index (χ1v) is 13.0. The zero-order chi connectivity index (χ0) is 28.4. The first kappa shape index (κ1) is 26.7. The van der Waals surface area contributed by atoms with Crippen molar-refractivity contribution < 1.29 is 24.6 Å². The number of oxime groups is 1. The van der Waals surface area contributed by atoms with Crippen molar-refractivity contribution in [2.75, 3.05) is 19.7 Å². The molecular formula is C28H31N7O5. The van der Waals surface area contributed by atoms with E-state index in [4.69, 9.17) is 19.9 Å². The number of amidine groups is 1. The van der Waals surface area contributed by atoms with Gasteiger partial charge in [-0.05, 0) is 44.2 Å². The Kier molecular flexibility index (Phi) is 7.41. The van der Waals surface area contributed by atoms with Crippen LogP contribution in [0.25, 0.3) is 11.0 Å². The Morgan fingerprint density at radius 2 is 2.02 bits per heavy atom. The van der Waals surface area contributed by atoms with E-state index in [1.54, 1.807) is 37.3 Å². The summed E-state index contributed by atoms with van der Waals surface area (Å²) in [5, 5.41) is 24.5. The predicted octanol–water partition coefficient (Wildman–Crippen LogP) is 3.12. The average Bonchev–Trinajstić information content (AvgIpc) is 3.54. The van der Waals surface area contributed by atoms with Crippen LogP contribution in [0.4, 0.5) is 0 Å². The normalized spacial score (nSPS) is 14.2. The molecule has 40 heavy (non-hydrogen) atoms. The summed E-state index contributed by atoms with van der Waals surface area (Å²) in [7, 11) is 1.92. The minimum Gasteiger partial charge on any atom is -0.491 e. The number of fused-ring (bicyclic) bond motifs is 2. The number of aromatic nitrogens is 4. The zero-order valence-corrected chi connectivity index (χ0v) is 22.5. The second kappa shape index (κ2) is 11.1. The molecule has 12 nitrogen and oxygen atoms in total.